The van der Waals surface area contributed by atoms with Gasteiger partial charge >= 0.3 is 0 Å². The number of azo groups is 2. The molecule has 0 aliphatic heterocycles. The Morgan fingerprint density at radius 1 is 0.828 bits per heavy atom. The Balaban J connectivity index is 1.66. The Morgan fingerprint density at radius 3 is 1.79 bits per heavy atom. The SMILES string of the molecule is CCN(CC)c1ccc(/N=N/c2ccc(/N=N/c3sc(C)cc3C#N)cc2)cc1. The molecule has 0 fully saturated rings. The number of rotatable bonds is 7. The minimum absolute atomic E-state index is 0.550. The lowest BCUT2D eigenvalue weighted by atomic mass is 10.2. The summed E-state index contributed by atoms with van der Waals surface area (Å²) in [6, 6.07) is 19.3. The van der Waals surface area contributed by atoms with Crippen LogP contribution in [0.1, 0.15) is 24.3 Å². The van der Waals surface area contributed by atoms with Crippen LogP contribution in [0, 0.1) is 18.3 Å². The summed E-state index contributed by atoms with van der Waals surface area (Å²) in [5.74, 6) is 0. The van der Waals surface area contributed by atoms with Crippen molar-refractivity contribution >= 4 is 39.1 Å². The van der Waals surface area contributed by atoms with E-state index in [0.29, 0.717) is 16.3 Å². The maximum absolute atomic E-state index is 9.12. The molecule has 1 heterocycles. The Hall–Kier alpha value is -3.37. The minimum atomic E-state index is 0.550. The highest BCUT2D eigenvalue weighted by Crippen LogP contribution is 2.31. The third-order valence-corrected chi connectivity index (χ3v) is 5.26. The second-order valence-corrected chi connectivity index (χ2v) is 7.53. The van der Waals surface area contributed by atoms with Crippen molar-refractivity contribution < 1.29 is 0 Å². The Kier molecular flexibility index (Phi) is 6.82. The summed E-state index contributed by atoms with van der Waals surface area (Å²) in [6.45, 7) is 8.19. The Morgan fingerprint density at radius 2 is 1.31 bits per heavy atom. The second-order valence-electron chi connectivity index (χ2n) is 6.29. The van der Waals surface area contributed by atoms with Crippen LogP contribution in [0.15, 0.2) is 75.1 Å². The van der Waals surface area contributed by atoms with E-state index in [2.05, 4.69) is 57.4 Å². The number of benzene rings is 2. The zero-order chi connectivity index (χ0) is 20.6. The summed E-state index contributed by atoms with van der Waals surface area (Å²) in [6.07, 6.45) is 0. The van der Waals surface area contributed by atoms with Gasteiger partial charge in [-0.2, -0.15) is 15.5 Å². The first kappa shape index (κ1) is 20.4. The third-order valence-electron chi connectivity index (χ3n) is 4.32. The van der Waals surface area contributed by atoms with Gasteiger partial charge in [0.2, 0.25) is 0 Å². The summed E-state index contributed by atoms with van der Waals surface area (Å²) < 4.78 is 0. The molecule has 0 atom stereocenters. The van der Waals surface area contributed by atoms with Crippen molar-refractivity contribution in [2.24, 2.45) is 20.5 Å². The van der Waals surface area contributed by atoms with Crippen molar-refractivity contribution in [2.75, 3.05) is 18.0 Å². The molecule has 6 nitrogen and oxygen atoms in total. The molecule has 1 aromatic heterocycles. The monoisotopic (exact) mass is 402 g/mol. The van der Waals surface area contributed by atoms with E-state index in [1.165, 1.54) is 17.0 Å². The third kappa shape index (κ3) is 5.33. The van der Waals surface area contributed by atoms with E-state index in [4.69, 9.17) is 5.26 Å². The molecular weight excluding hydrogens is 380 g/mol. The number of nitrogens with zero attached hydrogens (tertiary/aromatic N) is 6. The van der Waals surface area contributed by atoms with Gasteiger partial charge in [0.1, 0.15) is 6.07 Å². The van der Waals surface area contributed by atoms with Gasteiger partial charge in [-0.05, 0) is 75.4 Å². The van der Waals surface area contributed by atoms with Gasteiger partial charge in [0.05, 0.1) is 22.6 Å². The average Bonchev–Trinajstić information content (AvgIpc) is 3.13. The van der Waals surface area contributed by atoms with Crippen LogP contribution >= 0.6 is 11.3 Å². The summed E-state index contributed by atoms with van der Waals surface area (Å²) in [4.78, 5) is 3.32. The lowest BCUT2D eigenvalue weighted by molar-refractivity contribution is 0.866. The van der Waals surface area contributed by atoms with Gasteiger partial charge in [0.15, 0.2) is 5.00 Å². The van der Waals surface area contributed by atoms with Crippen molar-refractivity contribution in [1.29, 1.82) is 5.26 Å². The van der Waals surface area contributed by atoms with Gasteiger partial charge in [-0.1, -0.05) is 0 Å². The largest absolute Gasteiger partial charge is 0.372 e. The van der Waals surface area contributed by atoms with Crippen molar-refractivity contribution in [1.82, 2.24) is 0 Å². The van der Waals surface area contributed by atoms with Crippen LogP contribution in [0.4, 0.5) is 27.8 Å². The molecule has 7 heteroatoms. The van der Waals surface area contributed by atoms with Crippen LogP contribution in [0.2, 0.25) is 0 Å². The van der Waals surface area contributed by atoms with Crippen LogP contribution in [0.3, 0.4) is 0 Å². The molecule has 0 bridgehead atoms. The average molecular weight is 403 g/mol. The Bertz CT molecular complexity index is 1040. The number of thiophene rings is 1. The van der Waals surface area contributed by atoms with Gasteiger partial charge in [0, 0.05) is 23.7 Å². The number of nitriles is 1. The zero-order valence-corrected chi connectivity index (χ0v) is 17.5. The van der Waals surface area contributed by atoms with E-state index in [1.807, 2.05) is 49.4 Å². The van der Waals surface area contributed by atoms with Crippen molar-refractivity contribution in [2.45, 2.75) is 20.8 Å². The molecule has 0 N–H and O–H groups in total. The second kappa shape index (κ2) is 9.71. The molecule has 2 aromatic carbocycles. The predicted octanol–water partition coefficient (Wildman–Crippen LogP) is 7.61. The molecule has 3 aromatic rings. The van der Waals surface area contributed by atoms with Gasteiger partial charge in [-0.3, -0.25) is 0 Å². The number of aryl methyl sites for hydroxylation is 1. The maximum Gasteiger partial charge on any atom is 0.156 e. The van der Waals surface area contributed by atoms with Crippen molar-refractivity contribution in [3.05, 3.63) is 65.0 Å². The van der Waals surface area contributed by atoms with Gasteiger partial charge < -0.3 is 4.90 Å². The maximum atomic E-state index is 9.12. The zero-order valence-electron chi connectivity index (χ0n) is 16.7. The minimum Gasteiger partial charge on any atom is -0.372 e. The van der Waals surface area contributed by atoms with E-state index in [0.717, 1.165) is 29.3 Å². The molecule has 3 rings (SSSR count). The molecular formula is C22H22N6S. The van der Waals surface area contributed by atoms with E-state index >= 15 is 0 Å². The highest BCUT2D eigenvalue weighted by Gasteiger charge is 2.05. The fourth-order valence-electron chi connectivity index (χ4n) is 2.78. The van der Waals surface area contributed by atoms with Gasteiger partial charge in [-0.25, -0.2) is 0 Å². The summed E-state index contributed by atoms with van der Waals surface area (Å²) in [7, 11) is 0. The quantitative estimate of drug-likeness (QED) is 0.381. The van der Waals surface area contributed by atoms with Crippen molar-refractivity contribution in [3.8, 4) is 6.07 Å². The standard InChI is InChI=1S/C22H22N6S/c1-4-28(5-2)21-12-10-20(11-13-21)25-24-18-6-8-19(9-7-18)26-27-22-17(15-23)14-16(3)29-22/h6-14H,4-5H2,1-3H3/b25-24+,27-26+. The molecule has 0 aliphatic rings. The van der Waals surface area contributed by atoms with Crippen LogP contribution in [0.25, 0.3) is 0 Å². The van der Waals surface area contributed by atoms with Crippen LogP contribution < -0.4 is 4.90 Å². The predicted molar refractivity (Wildman–Crippen MR) is 119 cm³/mol. The highest BCUT2D eigenvalue weighted by atomic mass is 32.1. The molecule has 0 aliphatic carbocycles. The lowest BCUT2D eigenvalue weighted by Crippen LogP contribution is -2.21. The normalized spacial score (nSPS) is 11.2. The van der Waals surface area contributed by atoms with Gasteiger partial charge in [0.25, 0.3) is 0 Å². The lowest BCUT2D eigenvalue weighted by Gasteiger charge is -2.20. The molecule has 146 valence electrons. The van der Waals surface area contributed by atoms with E-state index in [1.54, 1.807) is 0 Å². The molecule has 0 unspecified atom stereocenters. The van der Waals surface area contributed by atoms with Crippen LogP contribution in [-0.4, -0.2) is 13.1 Å². The highest BCUT2D eigenvalue weighted by molar-refractivity contribution is 7.16. The molecule has 29 heavy (non-hydrogen) atoms. The van der Waals surface area contributed by atoms with Crippen molar-refractivity contribution in [3.63, 3.8) is 0 Å². The van der Waals surface area contributed by atoms with Gasteiger partial charge in [-0.15, -0.1) is 21.6 Å². The topological polar surface area (TPSA) is 76.5 Å². The number of anilines is 1. The van der Waals surface area contributed by atoms with Crippen LogP contribution in [-0.2, 0) is 0 Å². The van der Waals surface area contributed by atoms with Crippen LogP contribution in [0.5, 0.6) is 0 Å². The van der Waals surface area contributed by atoms with E-state index in [-0.39, 0.29) is 0 Å². The van der Waals surface area contributed by atoms with E-state index < -0.39 is 0 Å². The summed E-state index contributed by atoms with van der Waals surface area (Å²) in [5.41, 5.74) is 3.98. The Labute approximate surface area is 174 Å². The molecule has 0 saturated carbocycles. The molecule has 0 radical (unpaired) electrons. The first-order valence-corrected chi connectivity index (χ1v) is 10.2. The molecule has 0 amide bonds. The smallest absolute Gasteiger partial charge is 0.156 e. The molecule has 0 spiro atoms. The molecule has 0 saturated heterocycles. The van der Waals surface area contributed by atoms with E-state index in [9.17, 15) is 0 Å². The summed E-state index contributed by atoms with van der Waals surface area (Å²) >= 11 is 1.45. The fourth-order valence-corrected chi connectivity index (χ4v) is 3.56. The number of hydrogen-bond acceptors (Lipinski definition) is 7. The first-order chi connectivity index (χ1) is 14.1. The first-order valence-electron chi connectivity index (χ1n) is 9.42. The fraction of sp³-hybridized carbons (Fsp3) is 0.227. The summed E-state index contributed by atoms with van der Waals surface area (Å²) in [5, 5.41) is 26.7. The number of hydrogen-bond donors (Lipinski definition) is 0.